The van der Waals surface area contributed by atoms with Gasteiger partial charge < -0.3 is 10.6 Å². The van der Waals surface area contributed by atoms with E-state index in [1.54, 1.807) is 0 Å². The fraction of sp³-hybridized carbons (Fsp3) is 0.684. The minimum absolute atomic E-state index is 0.228. The van der Waals surface area contributed by atoms with Crippen molar-refractivity contribution in [1.82, 2.24) is 9.80 Å². The van der Waals surface area contributed by atoms with E-state index in [-0.39, 0.29) is 5.41 Å². The summed E-state index contributed by atoms with van der Waals surface area (Å²) < 4.78 is 0. The van der Waals surface area contributed by atoms with Gasteiger partial charge in [-0.1, -0.05) is 32.4 Å². The summed E-state index contributed by atoms with van der Waals surface area (Å²) in [7, 11) is 0. The van der Waals surface area contributed by atoms with Gasteiger partial charge >= 0.3 is 0 Å². The molecule has 0 aromatic carbocycles. The Morgan fingerprint density at radius 2 is 2.17 bits per heavy atom. The lowest BCUT2D eigenvalue weighted by atomic mass is 9.90. The number of nitrogens with zero attached hydrogens (tertiary/aromatic N) is 2. The van der Waals surface area contributed by atoms with E-state index in [9.17, 15) is 4.79 Å². The van der Waals surface area contributed by atoms with Gasteiger partial charge in [-0.05, 0) is 24.5 Å². The van der Waals surface area contributed by atoms with Gasteiger partial charge in [0, 0.05) is 32.1 Å². The molecule has 2 heterocycles. The third-order valence-electron chi connectivity index (χ3n) is 4.67. The fourth-order valence-corrected chi connectivity index (χ4v) is 3.06. The SMILES string of the molecule is CC(C)(C)CCC(=O)N1CC=C(CN2CC([NH+]=CC=CN)C2)CC1. The van der Waals surface area contributed by atoms with E-state index in [2.05, 4.69) is 36.7 Å². The molecule has 0 aromatic heterocycles. The molecule has 0 spiro atoms. The molecule has 5 heteroatoms. The van der Waals surface area contributed by atoms with Crippen LogP contribution < -0.4 is 10.7 Å². The van der Waals surface area contributed by atoms with Crippen LogP contribution >= 0.6 is 0 Å². The lowest BCUT2D eigenvalue weighted by molar-refractivity contribution is -0.516. The smallest absolute Gasteiger partial charge is 0.222 e. The van der Waals surface area contributed by atoms with E-state index >= 15 is 0 Å². The Bertz CT molecular complexity index is 510. The molecule has 0 unspecified atom stereocenters. The van der Waals surface area contributed by atoms with Crippen LogP contribution in [0, 0.1) is 5.41 Å². The summed E-state index contributed by atoms with van der Waals surface area (Å²) in [5.74, 6) is 0.303. The third-order valence-corrected chi connectivity index (χ3v) is 4.67. The van der Waals surface area contributed by atoms with E-state index < -0.39 is 0 Å². The number of nitrogens with one attached hydrogen (secondary N) is 1. The molecule has 2 aliphatic rings. The maximum Gasteiger partial charge on any atom is 0.222 e. The molecular weight excluding hydrogens is 300 g/mol. The van der Waals surface area contributed by atoms with E-state index in [0.717, 1.165) is 45.6 Å². The van der Waals surface area contributed by atoms with Crippen LogP contribution in [0.3, 0.4) is 0 Å². The third kappa shape index (κ3) is 6.11. The Balaban J connectivity index is 1.68. The van der Waals surface area contributed by atoms with Crippen LogP contribution in [0.1, 0.15) is 40.0 Å². The van der Waals surface area contributed by atoms with Crippen LogP contribution in [0.2, 0.25) is 0 Å². The molecule has 2 rings (SSSR count). The number of hydrogen-bond acceptors (Lipinski definition) is 3. The number of allylic oxidation sites excluding steroid dienone is 1. The number of amides is 1. The number of carbonyl (C=O) groups is 1. The first-order chi connectivity index (χ1) is 11.4. The average Bonchev–Trinajstić information content (AvgIpc) is 2.50. The van der Waals surface area contributed by atoms with Crippen LogP contribution in [0.4, 0.5) is 0 Å². The van der Waals surface area contributed by atoms with Crippen LogP contribution in [0.15, 0.2) is 23.9 Å². The molecule has 1 fully saturated rings. The van der Waals surface area contributed by atoms with Gasteiger partial charge in [-0.15, -0.1) is 0 Å². The Kier molecular flexibility index (Phi) is 6.60. The highest BCUT2D eigenvalue weighted by atomic mass is 16.2. The van der Waals surface area contributed by atoms with Gasteiger partial charge in [0.05, 0.1) is 13.1 Å². The molecule has 0 aliphatic carbocycles. The molecule has 2 aliphatic heterocycles. The monoisotopic (exact) mass is 333 g/mol. The number of nitrogens with two attached hydrogens (primary N) is 1. The van der Waals surface area contributed by atoms with Crippen molar-refractivity contribution in [3.63, 3.8) is 0 Å². The standard InChI is InChI=1S/C19H32N4O/c1-19(2,3)8-5-18(24)23-11-6-16(7-12-23)13-22-14-17(15-22)21-10-4-9-20/h4,6,9-10,17H,5,7-8,11-15,20H2,1-3H3/p+1. The fourth-order valence-electron chi connectivity index (χ4n) is 3.06. The predicted octanol–water partition coefficient (Wildman–Crippen LogP) is 0.279. The Labute approximate surface area is 146 Å². The second-order valence-electron chi connectivity index (χ2n) is 8.12. The van der Waals surface area contributed by atoms with Crippen molar-refractivity contribution in [1.29, 1.82) is 0 Å². The maximum atomic E-state index is 12.3. The molecule has 3 N–H and O–H groups in total. The number of likely N-dealkylation sites (tertiary alicyclic amines) is 1. The van der Waals surface area contributed by atoms with Crippen molar-refractivity contribution < 1.29 is 9.79 Å². The lowest BCUT2D eigenvalue weighted by Crippen LogP contribution is -2.85. The molecule has 0 aromatic rings. The summed E-state index contributed by atoms with van der Waals surface area (Å²) >= 11 is 0. The molecule has 0 atom stereocenters. The van der Waals surface area contributed by atoms with Crippen LogP contribution in [0.5, 0.6) is 0 Å². The van der Waals surface area contributed by atoms with Crippen molar-refractivity contribution in [2.24, 2.45) is 11.1 Å². The summed E-state index contributed by atoms with van der Waals surface area (Å²) in [5, 5.41) is 0. The molecule has 1 saturated heterocycles. The highest BCUT2D eigenvalue weighted by Crippen LogP contribution is 2.22. The second-order valence-corrected chi connectivity index (χ2v) is 8.12. The minimum Gasteiger partial charge on any atom is -0.404 e. The summed E-state index contributed by atoms with van der Waals surface area (Å²) in [6.45, 7) is 11.4. The van der Waals surface area contributed by atoms with Gasteiger partial charge in [0.1, 0.15) is 0 Å². The van der Waals surface area contributed by atoms with Crippen molar-refractivity contribution in [3.8, 4) is 0 Å². The largest absolute Gasteiger partial charge is 0.404 e. The van der Waals surface area contributed by atoms with Crippen molar-refractivity contribution in [2.75, 3.05) is 32.7 Å². The highest BCUT2D eigenvalue weighted by Gasteiger charge is 2.30. The highest BCUT2D eigenvalue weighted by molar-refractivity contribution is 5.76. The Morgan fingerprint density at radius 3 is 2.75 bits per heavy atom. The van der Waals surface area contributed by atoms with Gasteiger partial charge in [0.25, 0.3) is 0 Å². The molecule has 134 valence electrons. The summed E-state index contributed by atoms with van der Waals surface area (Å²) in [4.78, 5) is 20.0. The molecule has 1 amide bonds. The maximum absolute atomic E-state index is 12.3. The van der Waals surface area contributed by atoms with E-state index in [1.807, 2.05) is 17.2 Å². The van der Waals surface area contributed by atoms with Crippen molar-refractivity contribution in [3.05, 3.63) is 23.9 Å². The summed E-state index contributed by atoms with van der Waals surface area (Å²) in [6.07, 6.45) is 10.1. The zero-order valence-corrected chi connectivity index (χ0v) is 15.4. The molecule has 24 heavy (non-hydrogen) atoms. The Morgan fingerprint density at radius 1 is 1.42 bits per heavy atom. The number of carbonyl (C=O) groups excluding carboxylic acids is 1. The topological polar surface area (TPSA) is 63.5 Å². The Hall–Kier alpha value is -1.62. The molecular formula is C19H33N4O+. The molecule has 0 saturated carbocycles. The van der Waals surface area contributed by atoms with Crippen molar-refractivity contribution >= 4 is 12.1 Å². The number of hydrogen-bond donors (Lipinski definition) is 2. The molecule has 5 nitrogen and oxygen atoms in total. The first-order valence-electron chi connectivity index (χ1n) is 9.01. The second kappa shape index (κ2) is 8.47. The zero-order chi connectivity index (χ0) is 17.6. The van der Waals surface area contributed by atoms with Gasteiger partial charge in [-0.2, -0.15) is 0 Å². The van der Waals surface area contributed by atoms with Gasteiger partial charge in [0.2, 0.25) is 5.91 Å². The van der Waals surface area contributed by atoms with E-state index in [4.69, 9.17) is 5.73 Å². The van der Waals surface area contributed by atoms with E-state index in [0.29, 0.717) is 18.4 Å². The van der Waals surface area contributed by atoms with Crippen molar-refractivity contribution in [2.45, 2.75) is 46.1 Å². The molecule has 0 radical (unpaired) electrons. The average molecular weight is 334 g/mol. The normalized spacial score (nSPS) is 20.6. The minimum atomic E-state index is 0.228. The number of rotatable bonds is 6. The van der Waals surface area contributed by atoms with Crippen LogP contribution in [-0.4, -0.2) is 60.7 Å². The van der Waals surface area contributed by atoms with Gasteiger partial charge in [-0.25, -0.2) is 4.99 Å². The van der Waals surface area contributed by atoms with Gasteiger partial charge in [0.15, 0.2) is 12.3 Å². The molecule has 0 bridgehead atoms. The predicted molar refractivity (Wildman–Crippen MR) is 98.6 cm³/mol. The van der Waals surface area contributed by atoms with Crippen LogP contribution in [-0.2, 0) is 4.79 Å². The van der Waals surface area contributed by atoms with Gasteiger partial charge in [-0.3, -0.25) is 9.69 Å². The zero-order valence-electron chi connectivity index (χ0n) is 15.4. The quantitative estimate of drug-likeness (QED) is 0.542. The van der Waals surface area contributed by atoms with Crippen LogP contribution in [0.25, 0.3) is 0 Å². The first-order valence-corrected chi connectivity index (χ1v) is 9.01. The lowest BCUT2D eigenvalue weighted by Gasteiger charge is -2.35. The first kappa shape index (κ1) is 18.7. The summed E-state index contributed by atoms with van der Waals surface area (Å²) in [6, 6.07) is 0.529. The van der Waals surface area contributed by atoms with E-state index in [1.165, 1.54) is 11.8 Å². The summed E-state index contributed by atoms with van der Waals surface area (Å²) in [5.41, 5.74) is 7.00.